The molecule has 0 unspecified atom stereocenters. The minimum absolute atomic E-state index is 0.545. The third kappa shape index (κ3) is 4.77. The zero-order valence-corrected chi connectivity index (χ0v) is 14.4. The van der Waals surface area contributed by atoms with Gasteiger partial charge in [-0.05, 0) is 52.7 Å². The normalized spacial score (nSPS) is 10.8. The molecule has 2 aromatic rings. The van der Waals surface area contributed by atoms with Crippen LogP contribution in [0.5, 0.6) is 5.75 Å². The maximum atomic E-state index is 6.26. The van der Waals surface area contributed by atoms with Crippen molar-refractivity contribution in [2.24, 2.45) is 0 Å². The molecule has 0 amide bonds. The molecule has 20 heavy (non-hydrogen) atoms. The van der Waals surface area contributed by atoms with Crippen LogP contribution in [-0.4, -0.2) is 6.54 Å². The fourth-order valence-electron chi connectivity index (χ4n) is 1.76. The van der Waals surface area contributed by atoms with Crippen LogP contribution in [0, 0.1) is 0 Å². The Labute approximate surface area is 137 Å². The summed E-state index contributed by atoms with van der Waals surface area (Å²) in [7, 11) is 0. The van der Waals surface area contributed by atoms with Crippen LogP contribution in [0.2, 0.25) is 5.02 Å². The Morgan fingerprint density at radius 3 is 2.85 bits per heavy atom. The van der Waals surface area contributed by atoms with Gasteiger partial charge < -0.3 is 10.1 Å². The molecule has 0 aliphatic heterocycles. The summed E-state index contributed by atoms with van der Waals surface area (Å²) in [4.78, 5) is 1.17. The Morgan fingerprint density at radius 1 is 1.35 bits per heavy atom. The van der Waals surface area contributed by atoms with Gasteiger partial charge in [-0.2, -0.15) is 0 Å². The minimum atomic E-state index is 0.545. The van der Waals surface area contributed by atoms with E-state index < -0.39 is 0 Å². The first kappa shape index (κ1) is 15.8. The van der Waals surface area contributed by atoms with Crippen molar-refractivity contribution in [3.8, 4) is 5.75 Å². The van der Waals surface area contributed by atoms with Gasteiger partial charge in [0.2, 0.25) is 0 Å². The topological polar surface area (TPSA) is 21.3 Å². The molecule has 0 aliphatic carbocycles. The monoisotopic (exact) mass is 373 g/mol. The van der Waals surface area contributed by atoms with Crippen LogP contribution in [0.25, 0.3) is 0 Å². The number of benzene rings is 1. The largest absolute Gasteiger partial charge is 0.487 e. The molecule has 0 radical (unpaired) electrons. The first-order valence-electron chi connectivity index (χ1n) is 6.54. The van der Waals surface area contributed by atoms with Gasteiger partial charge in [0.05, 0.1) is 5.02 Å². The first-order chi connectivity index (χ1) is 9.69. The van der Waals surface area contributed by atoms with Gasteiger partial charge in [0.1, 0.15) is 12.4 Å². The van der Waals surface area contributed by atoms with Gasteiger partial charge in [-0.1, -0.05) is 24.6 Å². The quantitative estimate of drug-likeness (QED) is 0.669. The molecule has 0 saturated heterocycles. The number of halogens is 2. The molecule has 0 atom stereocenters. The highest BCUT2D eigenvalue weighted by Crippen LogP contribution is 2.27. The highest BCUT2D eigenvalue weighted by molar-refractivity contribution is 9.10. The predicted octanol–water partition coefficient (Wildman–Crippen LogP) is 5.24. The number of nitrogens with one attached hydrogen (secondary N) is 1. The maximum Gasteiger partial charge on any atom is 0.138 e. The average molecular weight is 375 g/mol. The minimum Gasteiger partial charge on any atom is -0.487 e. The van der Waals surface area contributed by atoms with E-state index >= 15 is 0 Å². The van der Waals surface area contributed by atoms with Gasteiger partial charge in [0, 0.05) is 21.3 Å². The number of ether oxygens (including phenoxy) is 1. The van der Waals surface area contributed by atoms with Crippen LogP contribution in [-0.2, 0) is 13.2 Å². The third-order valence-corrected chi connectivity index (χ3v) is 4.71. The third-order valence-electron chi connectivity index (χ3n) is 2.74. The lowest BCUT2D eigenvalue weighted by atomic mass is 10.2. The number of hydrogen-bond acceptors (Lipinski definition) is 3. The molecule has 0 bridgehead atoms. The van der Waals surface area contributed by atoms with Crippen molar-refractivity contribution in [3.63, 3.8) is 0 Å². The summed E-state index contributed by atoms with van der Waals surface area (Å²) in [5.41, 5.74) is 1.18. The molecule has 0 aliphatic rings. The predicted molar refractivity (Wildman–Crippen MR) is 89.8 cm³/mol. The van der Waals surface area contributed by atoms with E-state index in [4.69, 9.17) is 16.3 Å². The van der Waals surface area contributed by atoms with Crippen molar-refractivity contribution >= 4 is 38.9 Å². The second-order valence-electron chi connectivity index (χ2n) is 4.46. The molecular weight excluding hydrogens is 358 g/mol. The number of hydrogen-bond donors (Lipinski definition) is 1. The molecule has 1 N–H and O–H groups in total. The van der Waals surface area contributed by atoms with Crippen molar-refractivity contribution in [1.82, 2.24) is 5.32 Å². The van der Waals surface area contributed by atoms with E-state index in [1.165, 1.54) is 10.4 Å². The van der Waals surface area contributed by atoms with E-state index in [2.05, 4.69) is 34.2 Å². The zero-order valence-electron chi connectivity index (χ0n) is 11.3. The SMILES string of the molecule is CCCNCc1ccc(OCc2cc(Br)cs2)c(Cl)c1. The van der Waals surface area contributed by atoms with Crippen LogP contribution in [0.3, 0.4) is 0 Å². The number of thiophene rings is 1. The lowest BCUT2D eigenvalue weighted by Crippen LogP contribution is -2.13. The Balaban J connectivity index is 1.92. The fraction of sp³-hybridized carbons (Fsp3) is 0.333. The molecule has 108 valence electrons. The van der Waals surface area contributed by atoms with Crippen LogP contribution >= 0.6 is 38.9 Å². The van der Waals surface area contributed by atoms with Crippen molar-refractivity contribution in [2.75, 3.05) is 6.54 Å². The Hall–Kier alpha value is -0.550. The van der Waals surface area contributed by atoms with Gasteiger partial charge in [-0.25, -0.2) is 0 Å². The number of rotatable bonds is 7. The standard InChI is InChI=1S/C15H17BrClNOS/c1-2-5-18-8-11-3-4-15(14(17)6-11)19-9-13-7-12(16)10-20-13/h3-4,6-7,10,18H,2,5,8-9H2,1H3. The van der Waals surface area contributed by atoms with E-state index in [0.717, 1.165) is 29.7 Å². The summed E-state index contributed by atoms with van der Waals surface area (Å²) in [6.45, 7) is 4.55. The lowest BCUT2D eigenvalue weighted by molar-refractivity contribution is 0.310. The molecular formula is C15H17BrClNOS. The molecule has 1 heterocycles. The van der Waals surface area contributed by atoms with Crippen molar-refractivity contribution in [3.05, 3.63) is 49.6 Å². The second kappa shape index (κ2) is 8.03. The van der Waals surface area contributed by atoms with E-state index in [0.29, 0.717) is 11.6 Å². The molecule has 0 fully saturated rings. The van der Waals surface area contributed by atoms with Crippen LogP contribution in [0.1, 0.15) is 23.8 Å². The van der Waals surface area contributed by atoms with Gasteiger partial charge in [-0.3, -0.25) is 0 Å². The summed E-state index contributed by atoms with van der Waals surface area (Å²) < 4.78 is 6.84. The van der Waals surface area contributed by atoms with Gasteiger partial charge in [-0.15, -0.1) is 11.3 Å². The summed E-state index contributed by atoms with van der Waals surface area (Å²) in [6.07, 6.45) is 1.13. The van der Waals surface area contributed by atoms with E-state index in [1.54, 1.807) is 11.3 Å². The molecule has 2 rings (SSSR count). The summed E-state index contributed by atoms with van der Waals surface area (Å²) in [6, 6.07) is 8.01. The van der Waals surface area contributed by atoms with E-state index in [9.17, 15) is 0 Å². The van der Waals surface area contributed by atoms with E-state index in [1.807, 2.05) is 23.6 Å². The summed E-state index contributed by atoms with van der Waals surface area (Å²) in [5, 5.41) is 6.06. The molecule has 0 spiro atoms. The van der Waals surface area contributed by atoms with Crippen molar-refractivity contribution in [1.29, 1.82) is 0 Å². The van der Waals surface area contributed by atoms with Gasteiger partial charge >= 0.3 is 0 Å². The van der Waals surface area contributed by atoms with Gasteiger partial charge in [0.15, 0.2) is 0 Å². The van der Waals surface area contributed by atoms with Crippen LogP contribution < -0.4 is 10.1 Å². The average Bonchev–Trinajstić information content (AvgIpc) is 2.84. The first-order valence-corrected chi connectivity index (χ1v) is 8.59. The smallest absolute Gasteiger partial charge is 0.138 e. The highest BCUT2D eigenvalue weighted by atomic mass is 79.9. The summed E-state index contributed by atoms with van der Waals surface area (Å²) in [5.74, 6) is 0.732. The molecule has 2 nitrogen and oxygen atoms in total. The maximum absolute atomic E-state index is 6.26. The second-order valence-corrected chi connectivity index (χ2v) is 6.78. The highest BCUT2D eigenvalue weighted by Gasteiger charge is 2.05. The van der Waals surface area contributed by atoms with Gasteiger partial charge in [0.25, 0.3) is 0 Å². The lowest BCUT2D eigenvalue weighted by Gasteiger charge is -2.09. The molecule has 1 aromatic heterocycles. The molecule has 1 aromatic carbocycles. The van der Waals surface area contributed by atoms with Crippen molar-refractivity contribution < 1.29 is 4.74 Å². The Bertz CT molecular complexity index is 559. The Morgan fingerprint density at radius 2 is 2.20 bits per heavy atom. The fourth-order valence-corrected chi connectivity index (χ4v) is 3.38. The zero-order chi connectivity index (χ0) is 14.4. The molecule has 0 saturated carbocycles. The van der Waals surface area contributed by atoms with Crippen LogP contribution in [0.4, 0.5) is 0 Å². The van der Waals surface area contributed by atoms with Crippen LogP contribution in [0.15, 0.2) is 34.1 Å². The Kier molecular flexibility index (Phi) is 6.36. The molecule has 5 heteroatoms. The summed E-state index contributed by atoms with van der Waals surface area (Å²) >= 11 is 11.4. The van der Waals surface area contributed by atoms with Crippen molar-refractivity contribution in [2.45, 2.75) is 26.5 Å². The van der Waals surface area contributed by atoms with E-state index in [-0.39, 0.29) is 0 Å².